The van der Waals surface area contributed by atoms with Crippen molar-refractivity contribution in [2.75, 3.05) is 23.8 Å². The molecule has 68 valence electrons. The molecule has 5 nitrogen and oxygen atoms in total. The molecule has 1 aromatic heterocycles. The normalized spacial score (nSPS) is 15.2. The topological polar surface area (TPSA) is 58.1 Å². The first-order valence-corrected chi connectivity index (χ1v) is 4.01. The summed E-state index contributed by atoms with van der Waals surface area (Å²) in [6.45, 7) is 2.21. The summed E-state index contributed by atoms with van der Waals surface area (Å²) in [6, 6.07) is 0. The van der Waals surface area contributed by atoms with Crippen LogP contribution in [0.3, 0.4) is 0 Å². The Kier molecular flexibility index (Phi) is 1.65. The molecule has 0 aliphatic carbocycles. The molecular formula is C8H10N4O. The first kappa shape index (κ1) is 7.97. The van der Waals surface area contributed by atoms with Gasteiger partial charge in [-0.05, 0) is 6.92 Å². The second-order valence-electron chi connectivity index (χ2n) is 3.09. The van der Waals surface area contributed by atoms with E-state index in [0.717, 1.165) is 11.5 Å². The number of nitrogens with one attached hydrogen (secondary N) is 1. The highest BCUT2D eigenvalue weighted by Gasteiger charge is 2.21. The molecule has 1 aliphatic heterocycles. The molecule has 13 heavy (non-hydrogen) atoms. The van der Waals surface area contributed by atoms with Gasteiger partial charge in [0.15, 0.2) is 11.6 Å². The van der Waals surface area contributed by atoms with E-state index >= 15 is 0 Å². The van der Waals surface area contributed by atoms with E-state index in [2.05, 4.69) is 15.3 Å². The summed E-state index contributed by atoms with van der Waals surface area (Å²) in [5.74, 6) is 1.23. The van der Waals surface area contributed by atoms with Crippen molar-refractivity contribution in [1.29, 1.82) is 0 Å². The maximum absolute atomic E-state index is 11.1. The van der Waals surface area contributed by atoms with Gasteiger partial charge in [0.2, 0.25) is 5.91 Å². The molecule has 1 amide bonds. The fraction of sp³-hybridized carbons (Fsp3) is 0.375. The molecule has 1 aliphatic rings. The van der Waals surface area contributed by atoms with Gasteiger partial charge >= 0.3 is 0 Å². The average Bonchev–Trinajstić information content (AvgIpc) is 2.06. The predicted molar refractivity (Wildman–Crippen MR) is 48.7 cm³/mol. The third-order valence-corrected chi connectivity index (χ3v) is 1.87. The van der Waals surface area contributed by atoms with Crippen LogP contribution in [0.25, 0.3) is 0 Å². The molecule has 0 atom stereocenters. The Morgan fingerprint density at radius 1 is 1.62 bits per heavy atom. The summed E-state index contributed by atoms with van der Waals surface area (Å²) >= 11 is 0. The van der Waals surface area contributed by atoms with Crippen LogP contribution in [-0.4, -0.2) is 29.5 Å². The standard InChI is InChI=1S/C8H10N4O/c1-5-3-9-7-8(10-5)12(2)4-6(13)11-7/h3H,4H2,1-2H3,(H,9,11,13). The van der Waals surface area contributed by atoms with E-state index in [4.69, 9.17) is 0 Å². The van der Waals surface area contributed by atoms with Crippen molar-refractivity contribution in [1.82, 2.24) is 9.97 Å². The van der Waals surface area contributed by atoms with Gasteiger partial charge in [0, 0.05) is 7.05 Å². The van der Waals surface area contributed by atoms with Crippen LogP contribution in [0.2, 0.25) is 0 Å². The number of aryl methyl sites for hydroxylation is 1. The van der Waals surface area contributed by atoms with E-state index in [-0.39, 0.29) is 5.91 Å². The van der Waals surface area contributed by atoms with Gasteiger partial charge in [-0.1, -0.05) is 0 Å². The first-order valence-electron chi connectivity index (χ1n) is 4.01. The Morgan fingerprint density at radius 2 is 2.38 bits per heavy atom. The lowest BCUT2D eigenvalue weighted by Crippen LogP contribution is -2.36. The number of fused-ring (bicyclic) bond motifs is 1. The Bertz CT molecular complexity index is 363. The van der Waals surface area contributed by atoms with Crippen LogP contribution < -0.4 is 10.2 Å². The van der Waals surface area contributed by atoms with Crippen molar-refractivity contribution >= 4 is 17.5 Å². The van der Waals surface area contributed by atoms with Crippen LogP contribution >= 0.6 is 0 Å². The first-order chi connectivity index (χ1) is 6.16. The molecule has 1 N–H and O–H groups in total. The van der Waals surface area contributed by atoms with Crippen LogP contribution in [0.1, 0.15) is 5.69 Å². The Morgan fingerprint density at radius 3 is 3.15 bits per heavy atom. The monoisotopic (exact) mass is 178 g/mol. The zero-order valence-corrected chi connectivity index (χ0v) is 7.53. The number of hydrogen-bond acceptors (Lipinski definition) is 4. The van der Waals surface area contributed by atoms with E-state index in [1.807, 2.05) is 14.0 Å². The Balaban J connectivity index is 2.49. The molecule has 0 saturated carbocycles. The molecule has 2 rings (SSSR count). The molecule has 1 aromatic rings. The summed E-state index contributed by atoms with van der Waals surface area (Å²) in [6.07, 6.45) is 1.64. The van der Waals surface area contributed by atoms with E-state index in [1.54, 1.807) is 11.1 Å². The molecule has 5 heteroatoms. The fourth-order valence-electron chi connectivity index (χ4n) is 1.28. The molecule has 0 fully saturated rings. The Labute approximate surface area is 75.8 Å². The van der Waals surface area contributed by atoms with Gasteiger partial charge in [-0.15, -0.1) is 0 Å². The molecule has 2 heterocycles. The van der Waals surface area contributed by atoms with Crippen molar-refractivity contribution in [2.24, 2.45) is 0 Å². The number of carbonyl (C=O) groups is 1. The highest BCUT2D eigenvalue weighted by atomic mass is 16.2. The summed E-state index contributed by atoms with van der Waals surface area (Å²) in [5.41, 5.74) is 0.849. The van der Waals surface area contributed by atoms with Crippen LogP contribution in [0.4, 0.5) is 11.6 Å². The zero-order chi connectivity index (χ0) is 9.42. The molecule has 0 radical (unpaired) electrons. The van der Waals surface area contributed by atoms with E-state index in [0.29, 0.717) is 12.4 Å². The largest absolute Gasteiger partial charge is 0.347 e. The van der Waals surface area contributed by atoms with Crippen molar-refractivity contribution < 1.29 is 4.79 Å². The van der Waals surface area contributed by atoms with E-state index in [1.165, 1.54) is 0 Å². The molecular weight excluding hydrogens is 168 g/mol. The zero-order valence-electron chi connectivity index (χ0n) is 7.53. The van der Waals surface area contributed by atoms with Crippen molar-refractivity contribution in [2.45, 2.75) is 6.92 Å². The van der Waals surface area contributed by atoms with Crippen LogP contribution in [-0.2, 0) is 4.79 Å². The lowest BCUT2D eigenvalue weighted by Gasteiger charge is -2.24. The number of hydrogen-bond donors (Lipinski definition) is 1. The number of likely N-dealkylation sites (N-methyl/N-ethyl adjacent to an activating group) is 1. The van der Waals surface area contributed by atoms with Crippen LogP contribution in [0.5, 0.6) is 0 Å². The number of rotatable bonds is 0. The second kappa shape index (κ2) is 2.69. The second-order valence-corrected chi connectivity index (χ2v) is 3.09. The van der Waals surface area contributed by atoms with Gasteiger partial charge in [0.1, 0.15) is 0 Å². The quantitative estimate of drug-likeness (QED) is 0.615. The maximum Gasteiger partial charge on any atom is 0.245 e. The maximum atomic E-state index is 11.1. The van der Waals surface area contributed by atoms with Gasteiger partial charge < -0.3 is 10.2 Å². The minimum Gasteiger partial charge on any atom is -0.347 e. The minimum atomic E-state index is -0.0480. The molecule has 0 bridgehead atoms. The smallest absolute Gasteiger partial charge is 0.245 e. The molecule has 0 saturated heterocycles. The number of nitrogens with zero attached hydrogens (tertiary/aromatic N) is 3. The Hall–Kier alpha value is -1.65. The summed E-state index contributed by atoms with van der Waals surface area (Å²) in [4.78, 5) is 21.2. The van der Waals surface area contributed by atoms with Gasteiger partial charge in [-0.25, -0.2) is 9.97 Å². The lowest BCUT2D eigenvalue weighted by atomic mass is 10.3. The van der Waals surface area contributed by atoms with Gasteiger partial charge in [-0.2, -0.15) is 0 Å². The van der Waals surface area contributed by atoms with E-state index < -0.39 is 0 Å². The van der Waals surface area contributed by atoms with Crippen LogP contribution in [0, 0.1) is 6.92 Å². The predicted octanol–water partition coefficient (Wildman–Crippen LogP) is 0.173. The van der Waals surface area contributed by atoms with Crippen molar-refractivity contribution in [3.8, 4) is 0 Å². The SMILES string of the molecule is Cc1cnc2c(n1)N(C)CC(=O)N2. The third kappa shape index (κ3) is 1.32. The highest BCUT2D eigenvalue weighted by Crippen LogP contribution is 2.22. The minimum absolute atomic E-state index is 0.0480. The van der Waals surface area contributed by atoms with Crippen molar-refractivity contribution in [3.63, 3.8) is 0 Å². The van der Waals surface area contributed by atoms with Crippen molar-refractivity contribution in [3.05, 3.63) is 11.9 Å². The lowest BCUT2D eigenvalue weighted by molar-refractivity contribution is -0.115. The van der Waals surface area contributed by atoms with Gasteiger partial charge in [-0.3, -0.25) is 4.79 Å². The van der Waals surface area contributed by atoms with Crippen LogP contribution in [0.15, 0.2) is 6.20 Å². The van der Waals surface area contributed by atoms with Gasteiger partial charge in [0.25, 0.3) is 0 Å². The molecule has 0 aromatic carbocycles. The van der Waals surface area contributed by atoms with Gasteiger partial charge in [0.05, 0.1) is 18.4 Å². The number of carbonyl (C=O) groups excluding carboxylic acids is 1. The summed E-state index contributed by atoms with van der Waals surface area (Å²) in [5, 5.41) is 2.66. The number of anilines is 2. The third-order valence-electron chi connectivity index (χ3n) is 1.87. The number of amides is 1. The average molecular weight is 178 g/mol. The summed E-state index contributed by atoms with van der Waals surface area (Å²) in [7, 11) is 1.83. The van der Waals surface area contributed by atoms with E-state index in [9.17, 15) is 4.79 Å². The summed E-state index contributed by atoms with van der Waals surface area (Å²) < 4.78 is 0. The number of aromatic nitrogens is 2. The fourth-order valence-corrected chi connectivity index (χ4v) is 1.28. The molecule has 0 spiro atoms. The molecule has 0 unspecified atom stereocenters. The highest BCUT2D eigenvalue weighted by molar-refractivity contribution is 5.98.